The molecular weight excluding hydrogens is 500 g/mol. The van der Waals surface area contributed by atoms with Gasteiger partial charge in [-0.3, -0.25) is 19.2 Å². The average Bonchev–Trinajstić information content (AvgIpc) is 3.42. The van der Waals surface area contributed by atoms with Crippen LogP contribution in [0.1, 0.15) is 48.0 Å². The molecule has 0 aliphatic carbocycles. The van der Waals surface area contributed by atoms with Crippen molar-refractivity contribution >= 4 is 29.2 Å². The molecule has 4 aromatic rings. The molecule has 198 valence electrons. The van der Waals surface area contributed by atoms with Crippen LogP contribution >= 0.6 is 0 Å². The Kier molecular flexibility index (Phi) is 7.04. The predicted molar refractivity (Wildman–Crippen MR) is 140 cm³/mol. The van der Waals surface area contributed by atoms with Crippen molar-refractivity contribution in [1.82, 2.24) is 30.1 Å². The number of hydrogen-bond donors (Lipinski definition) is 2. The summed E-state index contributed by atoms with van der Waals surface area (Å²) in [6.45, 7) is 0.449. The number of carbonyl (C=O) groups is 4. The van der Waals surface area contributed by atoms with Crippen LogP contribution in [0.15, 0.2) is 60.8 Å². The Morgan fingerprint density at radius 3 is 2.54 bits per heavy atom. The summed E-state index contributed by atoms with van der Waals surface area (Å²) in [6.07, 6.45) is 1.79. The van der Waals surface area contributed by atoms with Gasteiger partial charge < -0.3 is 20.3 Å². The smallest absolute Gasteiger partial charge is 0.270 e. The molecule has 39 heavy (non-hydrogen) atoms. The van der Waals surface area contributed by atoms with Crippen LogP contribution in [0.5, 0.6) is 5.75 Å². The predicted octanol–water partition coefficient (Wildman–Crippen LogP) is 1.80. The van der Waals surface area contributed by atoms with Gasteiger partial charge in [-0.05, 0) is 35.4 Å². The second kappa shape index (κ2) is 10.7. The normalized spacial score (nSPS) is 12.4. The highest BCUT2D eigenvalue weighted by Crippen LogP contribution is 2.24. The summed E-state index contributed by atoms with van der Waals surface area (Å²) in [5.74, 6) is -0.383. The minimum absolute atomic E-state index is 0.00237. The van der Waals surface area contributed by atoms with Gasteiger partial charge in [0.2, 0.25) is 0 Å². The van der Waals surface area contributed by atoms with Crippen LogP contribution < -0.4 is 15.4 Å². The van der Waals surface area contributed by atoms with Crippen molar-refractivity contribution in [2.24, 2.45) is 0 Å². The molecule has 1 aliphatic rings. The average molecular weight is 527 g/mol. The van der Waals surface area contributed by atoms with E-state index < -0.39 is 11.8 Å². The summed E-state index contributed by atoms with van der Waals surface area (Å²) < 4.78 is 6.78. The maximum atomic E-state index is 13.1. The molecule has 0 saturated carbocycles. The van der Waals surface area contributed by atoms with E-state index in [9.17, 15) is 19.2 Å². The number of hydrogen-bond acceptors (Lipinski definition) is 7. The number of nitrogens with one attached hydrogen (secondary N) is 2. The van der Waals surface area contributed by atoms with Gasteiger partial charge in [0, 0.05) is 56.9 Å². The highest BCUT2D eigenvalue weighted by Gasteiger charge is 2.19. The molecule has 2 N–H and O–H groups in total. The Morgan fingerprint density at radius 2 is 1.74 bits per heavy atom. The third kappa shape index (κ3) is 5.61. The molecule has 0 bridgehead atoms. The van der Waals surface area contributed by atoms with Crippen molar-refractivity contribution in [2.75, 3.05) is 20.7 Å². The number of rotatable bonds is 7. The zero-order valence-corrected chi connectivity index (χ0v) is 21.4. The summed E-state index contributed by atoms with van der Waals surface area (Å²) >= 11 is 0. The number of amides is 3. The van der Waals surface area contributed by atoms with Gasteiger partial charge in [0.15, 0.2) is 11.4 Å². The van der Waals surface area contributed by atoms with Gasteiger partial charge in [0.05, 0.1) is 6.20 Å². The van der Waals surface area contributed by atoms with E-state index in [-0.39, 0.29) is 42.8 Å². The van der Waals surface area contributed by atoms with E-state index in [0.29, 0.717) is 23.4 Å². The standard InChI is InChI=1S/C28H26N6O5/c1-33(2)28(38)19-5-3-4-17(10-19)14-30-27(37)23-13-22(32-25-8-9-31-34(23)25)26(36)29-15-18-6-7-24-20(11-18)12-21(35)16-39-24/h3-11,13H,12,14-16H2,1-2H3,(H,29,36)(H,30,37). The van der Waals surface area contributed by atoms with Gasteiger partial charge in [0.1, 0.15) is 23.7 Å². The third-order valence-electron chi connectivity index (χ3n) is 6.21. The summed E-state index contributed by atoms with van der Waals surface area (Å²) in [4.78, 5) is 55.9. The van der Waals surface area contributed by atoms with Crippen molar-refractivity contribution in [3.8, 4) is 5.75 Å². The van der Waals surface area contributed by atoms with Crippen molar-refractivity contribution in [1.29, 1.82) is 0 Å². The summed E-state index contributed by atoms with van der Waals surface area (Å²) in [5, 5.41) is 9.81. The zero-order valence-electron chi connectivity index (χ0n) is 21.4. The number of carbonyl (C=O) groups excluding carboxylic acids is 4. The summed E-state index contributed by atoms with van der Waals surface area (Å²) in [6, 6.07) is 15.4. The first-order valence-electron chi connectivity index (χ1n) is 12.3. The molecule has 11 nitrogen and oxygen atoms in total. The van der Waals surface area contributed by atoms with E-state index in [2.05, 4.69) is 20.7 Å². The molecule has 11 heteroatoms. The fraction of sp³-hybridized carbons (Fsp3) is 0.214. The first-order valence-corrected chi connectivity index (χ1v) is 12.3. The van der Waals surface area contributed by atoms with Gasteiger partial charge in [-0.2, -0.15) is 5.10 Å². The van der Waals surface area contributed by atoms with E-state index >= 15 is 0 Å². The minimum atomic E-state index is -0.465. The van der Waals surface area contributed by atoms with Gasteiger partial charge in [-0.1, -0.05) is 18.2 Å². The van der Waals surface area contributed by atoms with Crippen molar-refractivity contribution < 1.29 is 23.9 Å². The first kappa shape index (κ1) is 25.6. The van der Waals surface area contributed by atoms with Crippen LogP contribution in [-0.4, -0.2) is 63.7 Å². The second-order valence-electron chi connectivity index (χ2n) is 9.34. The molecule has 2 aromatic carbocycles. The molecule has 0 spiro atoms. The third-order valence-corrected chi connectivity index (χ3v) is 6.21. The van der Waals surface area contributed by atoms with Crippen molar-refractivity contribution in [3.05, 3.63) is 94.4 Å². The number of benzene rings is 2. The number of aromatic nitrogens is 3. The second-order valence-corrected chi connectivity index (χ2v) is 9.34. The lowest BCUT2D eigenvalue weighted by atomic mass is 10.0. The molecule has 5 rings (SSSR count). The molecule has 0 atom stereocenters. The van der Waals surface area contributed by atoms with E-state index in [1.165, 1.54) is 21.7 Å². The number of Topliss-reactive ketones (excluding diaryl/α,β-unsaturated/α-hetero) is 1. The maximum absolute atomic E-state index is 13.1. The van der Waals surface area contributed by atoms with Gasteiger partial charge >= 0.3 is 0 Å². The van der Waals surface area contributed by atoms with Gasteiger partial charge in [-0.25, -0.2) is 9.50 Å². The Hall–Kier alpha value is -5.06. The molecule has 1 aliphatic heterocycles. The van der Waals surface area contributed by atoms with Crippen LogP contribution in [-0.2, 0) is 24.3 Å². The molecule has 3 amide bonds. The van der Waals surface area contributed by atoms with Gasteiger partial charge in [-0.15, -0.1) is 0 Å². The quantitative estimate of drug-likeness (QED) is 0.375. The largest absolute Gasteiger partial charge is 0.486 e. The van der Waals surface area contributed by atoms with Crippen molar-refractivity contribution in [3.63, 3.8) is 0 Å². The Morgan fingerprint density at radius 1 is 0.974 bits per heavy atom. The molecule has 2 aromatic heterocycles. The van der Waals surface area contributed by atoms with Gasteiger partial charge in [0.25, 0.3) is 17.7 Å². The fourth-order valence-corrected chi connectivity index (χ4v) is 4.25. The fourth-order valence-electron chi connectivity index (χ4n) is 4.25. The lowest BCUT2D eigenvalue weighted by molar-refractivity contribution is -0.121. The number of nitrogens with zero attached hydrogens (tertiary/aromatic N) is 4. The van der Waals surface area contributed by atoms with Crippen LogP contribution in [0.3, 0.4) is 0 Å². The number of ketones is 1. The Balaban J connectivity index is 1.29. The highest BCUT2D eigenvalue weighted by molar-refractivity contribution is 5.98. The zero-order chi connectivity index (χ0) is 27.5. The molecule has 0 fully saturated rings. The van der Waals surface area contributed by atoms with Crippen LogP contribution in [0.4, 0.5) is 0 Å². The Bertz CT molecular complexity index is 1610. The van der Waals surface area contributed by atoms with E-state index in [4.69, 9.17) is 4.74 Å². The molecule has 0 unspecified atom stereocenters. The minimum Gasteiger partial charge on any atom is -0.486 e. The van der Waals surface area contributed by atoms with Crippen molar-refractivity contribution in [2.45, 2.75) is 19.5 Å². The highest BCUT2D eigenvalue weighted by atomic mass is 16.5. The molecule has 0 saturated heterocycles. The lowest BCUT2D eigenvalue weighted by Gasteiger charge is -2.17. The monoisotopic (exact) mass is 526 g/mol. The lowest BCUT2D eigenvalue weighted by Crippen LogP contribution is -2.28. The Labute approximate surface area is 223 Å². The van der Waals surface area contributed by atoms with Crippen LogP contribution in [0.25, 0.3) is 5.65 Å². The first-order chi connectivity index (χ1) is 18.8. The van der Waals surface area contributed by atoms with Crippen LogP contribution in [0.2, 0.25) is 0 Å². The van der Waals surface area contributed by atoms with E-state index in [1.54, 1.807) is 44.4 Å². The van der Waals surface area contributed by atoms with E-state index in [1.807, 2.05) is 18.2 Å². The number of fused-ring (bicyclic) bond motifs is 2. The van der Waals surface area contributed by atoms with Crippen LogP contribution in [0, 0.1) is 0 Å². The topological polar surface area (TPSA) is 135 Å². The SMILES string of the molecule is CN(C)C(=O)c1cccc(CNC(=O)c2cc(C(=O)NCc3ccc4c(c3)CC(=O)CO4)nc3ccnn23)c1. The molecule has 0 radical (unpaired) electrons. The summed E-state index contributed by atoms with van der Waals surface area (Å²) in [5.41, 5.74) is 3.39. The maximum Gasteiger partial charge on any atom is 0.270 e. The van der Waals surface area contributed by atoms with E-state index in [0.717, 1.165) is 16.7 Å². The molecule has 3 heterocycles. The molecular formula is C28H26N6O5. The number of ether oxygens (including phenoxy) is 1. The summed E-state index contributed by atoms with van der Waals surface area (Å²) in [7, 11) is 3.35.